The molecule has 90 valence electrons. The van der Waals surface area contributed by atoms with E-state index in [1.165, 1.54) is 28.5 Å². The van der Waals surface area contributed by atoms with Gasteiger partial charge < -0.3 is 4.74 Å². The van der Waals surface area contributed by atoms with Crippen LogP contribution in [0.15, 0.2) is 42.5 Å². The average Bonchev–Trinajstić information content (AvgIpc) is 2.41. The van der Waals surface area contributed by atoms with Gasteiger partial charge in [0.15, 0.2) is 0 Å². The molecule has 0 aliphatic heterocycles. The fourth-order valence-electron chi connectivity index (χ4n) is 1.40. The second-order valence-electron chi connectivity index (χ2n) is 3.62. The molecular weight excluding hydrogens is 348 g/mol. The first-order chi connectivity index (χ1) is 8.74. The third-order valence-corrected chi connectivity index (χ3v) is 2.24. The summed E-state index contributed by atoms with van der Waals surface area (Å²) in [4.78, 5) is 0. The van der Waals surface area contributed by atoms with E-state index >= 15 is 0 Å². The van der Waals surface area contributed by atoms with E-state index in [4.69, 9.17) is 4.74 Å². The van der Waals surface area contributed by atoms with Crippen LogP contribution in [0, 0.1) is 18.8 Å². The molecule has 2 rings (SSSR count). The Balaban J connectivity index is 0.000000771. The Morgan fingerprint density at radius 1 is 1.22 bits per heavy atom. The van der Waals surface area contributed by atoms with Crippen molar-refractivity contribution in [3.8, 4) is 5.75 Å². The Hall–Kier alpha value is -0.727. The van der Waals surface area contributed by atoms with Crippen molar-refractivity contribution in [2.24, 2.45) is 0 Å². The van der Waals surface area contributed by atoms with E-state index in [9.17, 15) is 4.39 Å². The van der Waals surface area contributed by atoms with Crippen LogP contribution >= 0.6 is 13.6 Å². The Bertz CT molecular complexity index is 473. The normalized spacial score (nSPS) is 9.39. The molecule has 0 atom stereocenters. The van der Waals surface area contributed by atoms with Crippen LogP contribution in [0.2, 0.25) is 0 Å². The predicted octanol–water partition coefficient (Wildman–Crippen LogP) is 4.36. The summed E-state index contributed by atoms with van der Waals surface area (Å²) in [7, 11) is 0. The molecule has 0 amide bonds. The molecule has 1 nitrogen and oxygen atoms in total. The Morgan fingerprint density at radius 3 is 2.50 bits per heavy atom. The molecule has 0 N–H and O–H groups in total. The number of benzene rings is 2. The van der Waals surface area contributed by atoms with Crippen LogP contribution in [0.4, 0.5) is 4.39 Å². The van der Waals surface area contributed by atoms with Crippen LogP contribution in [0.1, 0.15) is 11.1 Å². The summed E-state index contributed by atoms with van der Waals surface area (Å²) in [6.45, 7) is 2.41. The fourth-order valence-corrected chi connectivity index (χ4v) is 1.40. The number of hydrogen-bond acceptors (Lipinski definition) is 1. The number of rotatable bonds is 3. The van der Waals surface area contributed by atoms with E-state index in [0.717, 1.165) is 16.9 Å². The number of hydrogen-bond donors (Lipinski definition) is 0. The molecule has 2 aromatic rings. The molecule has 0 saturated heterocycles. The third kappa shape index (κ3) is 5.28. The van der Waals surface area contributed by atoms with E-state index in [-0.39, 0.29) is 5.82 Å². The topological polar surface area (TPSA) is 9.23 Å². The molecule has 18 heavy (non-hydrogen) atoms. The van der Waals surface area contributed by atoms with Crippen molar-refractivity contribution in [3.05, 3.63) is 65.5 Å². The van der Waals surface area contributed by atoms with Gasteiger partial charge in [0.1, 0.15) is 12.4 Å². The van der Waals surface area contributed by atoms with E-state index < -0.39 is 0 Å². The summed E-state index contributed by atoms with van der Waals surface area (Å²) in [6, 6.07) is 15.0. The zero-order chi connectivity index (χ0) is 13.4. The Labute approximate surface area is 123 Å². The van der Waals surface area contributed by atoms with Gasteiger partial charge in [0.25, 0.3) is 0 Å². The molecular formula is C14H12BrFOZn. The third-order valence-electron chi connectivity index (χ3n) is 2.24. The zero-order valence-electron chi connectivity index (χ0n) is 10.1. The van der Waals surface area contributed by atoms with Crippen molar-refractivity contribution in [1.82, 2.24) is 0 Å². The van der Waals surface area contributed by atoms with Gasteiger partial charge >= 0.3 is 30.0 Å². The fraction of sp³-hybridized carbons (Fsp3) is 0.143. The molecule has 0 aromatic heterocycles. The van der Waals surface area contributed by atoms with Gasteiger partial charge in [-0.05, 0) is 17.7 Å². The van der Waals surface area contributed by atoms with Crippen LogP contribution in [0.5, 0.6) is 5.75 Å². The van der Waals surface area contributed by atoms with Gasteiger partial charge in [-0.2, -0.15) is 17.7 Å². The summed E-state index contributed by atoms with van der Waals surface area (Å²) < 4.78 is 18.2. The van der Waals surface area contributed by atoms with Gasteiger partial charge in [-0.3, -0.25) is 0 Å². The minimum absolute atomic E-state index is 0.228. The first kappa shape index (κ1) is 15.3. The maximum absolute atomic E-state index is 12.7. The first-order valence-corrected chi connectivity index (χ1v) is 12.3. The van der Waals surface area contributed by atoms with Crippen molar-refractivity contribution in [2.45, 2.75) is 13.5 Å². The van der Waals surface area contributed by atoms with Gasteiger partial charge in [-0.25, -0.2) is 4.39 Å². The van der Waals surface area contributed by atoms with Crippen molar-refractivity contribution < 1.29 is 25.5 Å². The van der Waals surface area contributed by atoms with E-state index in [1.807, 2.05) is 25.1 Å². The predicted molar refractivity (Wildman–Crippen MR) is 69.7 cm³/mol. The molecule has 0 aliphatic rings. The average molecular weight is 361 g/mol. The summed E-state index contributed by atoms with van der Waals surface area (Å²) in [6.07, 6.45) is 0. The molecule has 0 heterocycles. The quantitative estimate of drug-likeness (QED) is 0.584. The monoisotopic (exact) mass is 358 g/mol. The maximum atomic E-state index is 12.7. The summed E-state index contributed by atoms with van der Waals surface area (Å²) in [5, 5.41) is 0. The van der Waals surface area contributed by atoms with Crippen molar-refractivity contribution >= 4 is 13.6 Å². The van der Waals surface area contributed by atoms with Gasteiger partial charge in [0.2, 0.25) is 0 Å². The molecule has 0 unspecified atom stereocenters. The Morgan fingerprint density at radius 2 is 1.89 bits per heavy atom. The zero-order valence-corrected chi connectivity index (χ0v) is 14.7. The van der Waals surface area contributed by atoms with Gasteiger partial charge in [-0.15, -0.1) is 12.1 Å². The second-order valence-corrected chi connectivity index (χ2v) is 3.62. The van der Waals surface area contributed by atoms with E-state index in [2.05, 4.69) is 19.7 Å². The standard InChI is InChI=1S/C14H12FO.BrH.Zn/c1-11-3-2-4-14(9-11)16-10-12-5-7-13(15)8-6-12;;/h2,4-9H,10H2,1H3;1H;/q-1;;+2/p-1. The van der Waals surface area contributed by atoms with E-state index in [1.54, 1.807) is 12.1 Å². The summed E-state index contributed by atoms with van der Waals surface area (Å²) in [5.41, 5.74) is 1.99. The van der Waals surface area contributed by atoms with Crippen LogP contribution < -0.4 is 4.74 Å². The van der Waals surface area contributed by atoms with Crippen LogP contribution in [0.3, 0.4) is 0 Å². The minimum atomic E-state index is -0.228. The molecule has 0 aliphatic carbocycles. The molecule has 2 aromatic carbocycles. The first-order valence-electron chi connectivity index (χ1n) is 5.36. The molecule has 0 saturated carbocycles. The molecule has 0 radical (unpaired) electrons. The van der Waals surface area contributed by atoms with E-state index in [0.29, 0.717) is 6.61 Å². The Kier molecular flexibility index (Phi) is 7.14. The van der Waals surface area contributed by atoms with Crippen molar-refractivity contribution in [2.75, 3.05) is 0 Å². The number of halogens is 2. The van der Waals surface area contributed by atoms with Crippen LogP contribution in [0.25, 0.3) is 0 Å². The molecule has 0 fully saturated rings. The van der Waals surface area contributed by atoms with Gasteiger partial charge in [-0.1, -0.05) is 19.1 Å². The van der Waals surface area contributed by atoms with Crippen LogP contribution in [-0.2, 0) is 22.9 Å². The molecule has 0 spiro atoms. The van der Waals surface area contributed by atoms with Gasteiger partial charge in [0.05, 0.1) is 0 Å². The van der Waals surface area contributed by atoms with Crippen molar-refractivity contribution in [1.29, 1.82) is 0 Å². The summed E-state index contributed by atoms with van der Waals surface area (Å²) >= 11 is 4.25. The second kappa shape index (κ2) is 8.39. The number of aryl methyl sites for hydroxylation is 1. The summed E-state index contributed by atoms with van der Waals surface area (Å²) in [5.74, 6) is 0.578. The van der Waals surface area contributed by atoms with Crippen LogP contribution in [-0.4, -0.2) is 0 Å². The number of ether oxygens (including phenoxy) is 1. The SMILES string of the molecule is Cc1[c-]ccc(OCc2ccc(F)cc2)c1.[Zn+][Br]. The van der Waals surface area contributed by atoms with Gasteiger partial charge in [0, 0.05) is 5.75 Å². The molecule has 4 heteroatoms. The molecule has 0 bridgehead atoms. The van der Waals surface area contributed by atoms with Crippen molar-refractivity contribution in [3.63, 3.8) is 0 Å².